The Kier molecular flexibility index (Phi) is 10.7. The molecule has 40 heavy (non-hydrogen) atoms. The van der Waals surface area contributed by atoms with Gasteiger partial charge in [0.05, 0.1) is 37.1 Å². The van der Waals surface area contributed by atoms with Crippen LogP contribution in [0.2, 0.25) is 0 Å². The average molecular weight is 569 g/mol. The lowest BCUT2D eigenvalue weighted by Crippen LogP contribution is -2.36. The maximum Gasteiger partial charge on any atom is 0.250 e. The van der Waals surface area contributed by atoms with E-state index < -0.39 is 0 Å². The van der Waals surface area contributed by atoms with Crippen molar-refractivity contribution in [2.75, 3.05) is 27.7 Å². The summed E-state index contributed by atoms with van der Waals surface area (Å²) >= 11 is 0. The first kappa shape index (κ1) is 30.6. The van der Waals surface area contributed by atoms with Crippen molar-refractivity contribution in [3.8, 4) is 17.0 Å². The number of likely N-dealkylation sites (N-methyl/N-ethyl adjacent to an activating group) is 1. The maximum atomic E-state index is 12.6. The molecule has 1 atom stereocenters. The third kappa shape index (κ3) is 7.39. The van der Waals surface area contributed by atoms with Crippen LogP contribution in [-0.2, 0) is 11.8 Å². The first-order valence-corrected chi connectivity index (χ1v) is 12.9. The van der Waals surface area contributed by atoms with Crippen LogP contribution in [0.25, 0.3) is 22.2 Å². The van der Waals surface area contributed by atoms with Crippen LogP contribution < -0.4 is 15.6 Å². The minimum Gasteiger partial charge on any atom is -0.496 e. The van der Waals surface area contributed by atoms with Crippen LogP contribution in [-0.4, -0.2) is 64.0 Å². The number of fused-ring (bicyclic) bond motifs is 1. The molecule has 2 N–H and O–H groups in total. The number of aromatic nitrogens is 4. The second kappa shape index (κ2) is 13.9. The van der Waals surface area contributed by atoms with Crippen LogP contribution in [0.1, 0.15) is 54.5 Å². The summed E-state index contributed by atoms with van der Waals surface area (Å²) in [7, 11) is 6.99. The van der Waals surface area contributed by atoms with Gasteiger partial charge < -0.3 is 29.0 Å². The van der Waals surface area contributed by atoms with E-state index in [4.69, 9.17) is 9.26 Å². The molecular weight excluding hydrogens is 532 g/mol. The number of imidazole rings is 1. The molecule has 0 unspecified atom stereocenters. The topological polar surface area (TPSA) is 135 Å². The van der Waals surface area contributed by atoms with Gasteiger partial charge in [-0.25, -0.2) is 4.98 Å². The fourth-order valence-corrected chi connectivity index (χ4v) is 4.53. The van der Waals surface area contributed by atoms with Crippen LogP contribution in [0.3, 0.4) is 0 Å². The van der Waals surface area contributed by atoms with E-state index in [1.54, 1.807) is 37.1 Å². The van der Waals surface area contributed by atoms with E-state index in [9.17, 15) is 14.4 Å². The van der Waals surface area contributed by atoms with Gasteiger partial charge in [0.1, 0.15) is 23.5 Å². The van der Waals surface area contributed by atoms with E-state index in [0.29, 0.717) is 36.5 Å². The number of carbonyl (C=O) groups is 2. The number of nitrogens with one attached hydrogen (secondary N) is 2. The zero-order valence-corrected chi connectivity index (χ0v) is 24.2. The van der Waals surface area contributed by atoms with E-state index in [2.05, 4.69) is 20.4 Å². The number of Topliss-reactive ketones (excluding diaryl/α,β-unsaturated/α-hetero) is 1. The molecule has 4 aromatic rings. The van der Waals surface area contributed by atoms with Gasteiger partial charge in [-0.3, -0.25) is 14.4 Å². The van der Waals surface area contributed by atoms with E-state index in [0.717, 1.165) is 35.0 Å². The number of hydrogen-bond donors (Lipinski definition) is 2. The monoisotopic (exact) mass is 568 g/mol. The van der Waals surface area contributed by atoms with Crippen LogP contribution in [0.15, 0.2) is 52.1 Å². The minimum absolute atomic E-state index is 0. The molecule has 12 heteroatoms. The third-order valence-electron chi connectivity index (χ3n) is 6.58. The molecule has 0 saturated heterocycles. The molecule has 0 aliphatic rings. The van der Waals surface area contributed by atoms with Gasteiger partial charge in [0.25, 0.3) is 5.56 Å². The molecule has 11 nitrogen and oxygen atoms in total. The molecule has 1 amide bonds. The molecule has 214 valence electrons. The highest BCUT2D eigenvalue weighted by Crippen LogP contribution is 2.33. The number of ether oxygens (including phenoxy) is 1. The van der Waals surface area contributed by atoms with Crippen molar-refractivity contribution in [2.45, 2.75) is 38.1 Å². The van der Waals surface area contributed by atoms with Gasteiger partial charge in [0.15, 0.2) is 5.78 Å². The summed E-state index contributed by atoms with van der Waals surface area (Å²) in [6.45, 7) is 0.257. The second-order valence-electron chi connectivity index (χ2n) is 9.79. The maximum absolute atomic E-state index is 12.6. The van der Waals surface area contributed by atoms with Gasteiger partial charge in [0.2, 0.25) is 5.91 Å². The number of benzene rings is 1. The SMILES string of the molecule is COc1cc2c(ccc(=O)n2C)cc1-c1cnc([C@H](CCCCCC(=O)c2ccon2)NC(=O)CN(C)C)[nH]1.S. The standard InChI is InChI=1S/C28H34N6O5.H2S/c1-33(2)17-26(36)30-21(8-6-5-7-9-24(35)20-12-13-39-32-20)28-29-16-22(31-28)19-14-18-10-11-27(37)34(3)23(18)15-25(19)38-4;/h10-16,21H,5-9,17H2,1-4H3,(H,29,31)(H,30,36);1H2/t21-;/m0./s1. The number of amides is 1. The first-order chi connectivity index (χ1) is 18.8. The van der Waals surface area contributed by atoms with Gasteiger partial charge in [-0.15, -0.1) is 0 Å². The predicted octanol–water partition coefficient (Wildman–Crippen LogP) is 3.59. The fraction of sp³-hybridized carbons (Fsp3) is 0.393. The molecule has 0 fully saturated rings. The first-order valence-electron chi connectivity index (χ1n) is 12.9. The lowest BCUT2D eigenvalue weighted by atomic mass is 10.0. The van der Waals surface area contributed by atoms with E-state index in [1.807, 2.05) is 31.1 Å². The number of pyridine rings is 1. The normalized spacial score (nSPS) is 11.8. The van der Waals surface area contributed by atoms with Gasteiger partial charge in [-0.05, 0) is 44.5 Å². The van der Waals surface area contributed by atoms with Crippen molar-refractivity contribution in [2.24, 2.45) is 7.05 Å². The summed E-state index contributed by atoms with van der Waals surface area (Å²) in [5, 5.41) is 7.67. The average Bonchev–Trinajstić information content (AvgIpc) is 3.62. The zero-order valence-electron chi connectivity index (χ0n) is 23.2. The Hall–Kier alpha value is -3.90. The van der Waals surface area contributed by atoms with Gasteiger partial charge in [0, 0.05) is 37.2 Å². The van der Waals surface area contributed by atoms with Crippen LogP contribution >= 0.6 is 13.5 Å². The summed E-state index contributed by atoms with van der Waals surface area (Å²) in [6.07, 6.45) is 6.48. The van der Waals surface area contributed by atoms with Crippen molar-refractivity contribution in [1.82, 2.24) is 29.9 Å². The molecule has 1 aromatic carbocycles. The molecule has 0 aliphatic carbocycles. The van der Waals surface area contributed by atoms with Crippen LogP contribution in [0.5, 0.6) is 5.75 Å². The predicted molar refractivity (Wildman–Crippen MR) is 157 cm³/mol. The molecule has 0 aliphatic heterocycles. The van der Waals surface area contributed by atoms with Crippen LogP contribution in [0, 0.1) is 0 Å². The molecular formula is C28H36N6O5S. The lowest BCUT2D eigenvalue weighted by Gasteiger charge is -2.18. The number of rotatable bonds is 13. The van der Waals surface area contributed by atoms with E-state index in [-0.39, 0.29) is 43.3 Å². The van der Waals surface area contributed by atoms with Crippen molar-refractivity contribution < 1.29 is 18.8 Å². The highest BCUT2D eigenvalue weighted by molar-refractivity contribution is 7.59. The Morgan fingerprint density at radius 2 is 1.98 bits per heavy atom. The Bertz CT molecular complexity index is 1490. The molecule has 4 rings (SSSR count). The summed E-state index contributed by atoms with van der Waals surface area (Å²) in [5.41, 5.74) is 2.55. The molecule has 0 spiro atoms. The number of nitrogens with zero attached hydrogens (tertiary/aromatic N) is 4. The largest absolute Gasteiger partial charge is 0.496 e. The summed E-state index contributed by atoms with van der Waals surface area (Å²) in [5.74, 6) is 1.09. The number of aryl methyl sites for hydroxylation is 1. The highest BCUT2D eigenvalue weighted by Gasteiger charge is 2.20. The number of aromatic amines is 1. The number of unbranched alkanes of at least 4 members (excludes halogenated alkanes) is 2. The van der Waals surface area contributed by atoms with Gasteiger partial charge in [-0.1, -0.05) is 18.0 Å². The van der Waals surface area contributed by atoms with E-state index in [1.165, 1.54) is 12.3 Å². The zero-order chi connectivity index (χ0) is 27.9. The lowest BCUT2D eigenvalue weighted by molar-refractivity contribution is -0.122. The third-order valence-corrected chi connectivity index (χ3v) is 6.58. The van der Waals surface area contributed by atoms with Crippen molar-refractivity contribution >= 4 is 36.1 Å². The number of methoxy groups -OCH3 is 1. The summed E-state index contributed by atoms with van der Waals surface area (Å²) < 4.78 is 12.0. The highest BCUT2D eigenvalue weighted by atomic mass is 32.1. The number of carbonyl (C=O) groups excluding carboxylic acids is 2. The molecule has 3 heterocycles. The van der Waals surface area contributed by atoms with Crippen molar-refractivity contribution in [3.63, 3.8) is 0 Å². The van der Waals surface area contributed by atoms with Crippen molar-refractivity contribution in [3.05, 3.63) is 64.7 Å². The number of H-pyrrole nitrogens is 1. The van der Waals surface area contributed by atoms with Crippen molar-refractivity contribution in [1.29, 1.82) is 0 Å². The second-order valence-corrected chi connectivity index (χ2v) is 9.79. The minimum atomic E-state index is -0.329. The van der Waals surface area contributed by atoms with Gasteiger partial charge in [-0.2, -0.15) is 13.5 Å². The Labute approximate surface area is 239 Å². The Morgan fingerprint density at radius 3 is 2.67 bits per heavy atom. The van der Waals surface area contributed by atoms with Gasteiger partial charge >= 0.3 is 0 Å². The molecule has 0 radical (unpaired) electrons. The number of ketones is 1. The Morgan fingerprint density at radius 1 is 1.18 bits per heavy atom. The molecule has 0 saturated carbocycles. The molecule has 0 bridgehead atoms. The smallest absolute Gasteiger partial charge is 0.250 e. The number of hydrogen-bond acceptors (Lipinski definition) is 8. The Balaban J connectivity index is 0.00000441. The summed E-state index contributed by atoms with van der Waals surface area (Å²) in [4.78, 5) is 46.6. The van der Waals surface area contributed by atoms with E-state index >= 15 is 0 Å². The fourth-order valence-electron chi connectivity index (χ4n) is 4.53. The quantitative estimate of drug-likeness (QED) is 0.185. The van der Waals surface area contributed by atoms with Crippen LogP contribution in [0.4, 0.5) is 0 Å². The molecule has 3 aromatic heterocycles. The summed E-state index contributed by atoms with van der Waals surface area (Å²) in [6, 6.07) is 8.35.